The zero-order valence-corrected chi connectivity index (χ0v) is 18.8. The molecule has 0 spiro atoms. The standard InChI is InChI=1S/C19H18ClF3IN3O3/c1-11-15(20)16(19(21,22)23)25-27(11)10-14(28)26-8-6-18(7-9-26,17(29)30)12-2-4-13(24)5-3-12/h2-5H,6-10H2,1H3,(H,29,30). The lowest BCUT2D eigenvalue weighted by Crippen LogP contribution is -2.49. The summed E-state index contributed by atoms with van der Waals surface area (Å²) in [5, 5.41) is 12.8. The van der Waals surface area contributed by atoms with Crippen molar-refractivity contribution in [3.63, 3.8) is 0 Å². The maximum Gasteiger partial charge on any atom is 0.436 e. The molecule has 2 heterocycles. The van der Waals surface area contributed by atoms with Crippen LogP contribution in [0.3, 0.4) is 0 Å². The number of carbonyl (C=O) groups is 2. The van der Waals surface area contributed by atoms with Crippen LogP contribution in [0.5, 0.6) is 0 Å². The molecule has 1 aromatic carbocycles. The number of amides is 1. The number of hydrogen-bond acceptors (Lipinski definition) is 3. The molecule has 0 unspecified atom stereocenters. The van der Waals surface area contributed by atoms with Crippen LogP contribution in [0.15, 0.2) is 24.3 Å². The van der Waals surface area contributed by atoms with Crippen molar-refractivity contribution in [3.05, 3.63) is 49.8 Å². The van der Waals surface area contributed by atoms with Gasteiger partial charge in [-0.05, 0) is 60.1 Å². The molecule has 11 heteroatoms. The number of hydrogen-bond donors (Lipinski definition) is 1. The highest BCUT2D eigenvalue weighted by atomic mass is 127. The molecule has 0 radical (unpaired) electrons. The molecule has 3 rings (SSSR count). The molecular formula is C19H18ClF3IN3O3. The van der Waals surface area contributed by atoms with E-state index in [1.807, 2.05) is 12.1 Å². The van der Waals surface area contributed by atoms with Crippen molar-refractivity contribution in [2.45, 2.75) is 37.9 Å². The Morgan fingerprint density at radius 1 is 1.23 bits per heavy atom. The van der Waals surface area contributed by atoms with Gasteiger partial charge in [-0.2, -0.15) is 18.3 Å². The molecule has 2 aromatic rings. The number of aliphatic carboxylic acids is 1. The number of likely N-dealkylation sites (tertiary alicyclic amines) is 1. The quantitative estimate of drug-likeness (QED) is 0.577. The number of nitrogens with zero attached hydrogens (tertiary/aromatic N) is 3. The van der Waals surface area contributed by atoms with Crippen molar-refractivity contribution in [1.82, 2.24) is 14.7 Å². The first-order chi connectivity index (χ1) is 14.0. The van der Waals surface area contributed by atoms with Gasteiger partial charge in [-0.1, -0.05) is 23.7 Å². The Hall–Kier alpha value is -1.82. The van der Waals surface area contributed by atoms with Gasteiger partial charge in [-0.25, -0.2) is 0 Å². The summed E-state index contributed by atoms with van der Waals surface area (Å²) in [6.07, 6.45) is -4.29. The van der Waals surface area contributed by atoms with Crippen molar-refractivity contribution >= 4 is 46.1 Å². The molecule has 1 fully saturated rings. The van der Waals surface area contributed by atoms with Crippen LogP contribution in [0.1, 0.15) is 29.8 Å². The van der Waals surface area contributed by atoms with Crippen LogP contribution in [-0.2, 0) is 27.7 Å². The number of carbonyl (C=O) groups excluding carboxylic acids is 1. The Bertz CT molecular complexity index is 968. The van der Waals surface area contributed by atoms with E-state index in [1.165, 1.54) is 11.8 Å². The van der Waals surface area contributed by atoms with Crippen LogP contribution in [0.2, 0.25) is 5.02 Å². The third-order valence-corrected chi connectivity index (χ3v) is 6.63. The van der Waals surface area contributed by atoms with E-state index in [4.69, 9.17) is 11.6 Å². The minimum atomic E-state index is -4.71. The summed E-state index contributed by atoms with van der Waals surface area (Å²) in [4.78, 5) is 26.2. The Balaban J connectivity index is 1.74. The fraction of sp³-hybridized carbons (Fsp3) is 0.421. The highest BCUT2D eigenvalue weighted by molar-refractivity contribution is 14.1. The first-order valence-electron chi connectivity index (χ1n) is 9.03. The number of alkyl halides is 3. The lowest BCUT2D eigenvalue weighted by molar-refractivity contribution is -0.148. The summed E-state index contributed by atoms with van der Waals surface area (Å²) in [5.41, 5.74) is -1.60. The van der Waals surface area contributed by atoms with Crippen LogP contribution in [0.25, 0.3) is 0 Å². The van der Waals surface area contributed by atoms with E-state index in [0.29, 0.717) is 5.56 Å². The lowest BCUT2D eigenvalue weighted by atomic mass is 9.73. The largest absolute Gasteiger partial charge is 0.481 e. The number of halogens is 5. The maximum absolute atomic E-state index is 13.0. The Morgan fingerprint density at radius 3 is 2.27 bits per heavy atom. The monoisotopic (exact) mass is 555 g/mol. The number of piperidine rings is 1. The molecular weight excluding hydrogens is 538 g/mol. The summed E-state index contributed by atoms with van der Waals surface area (Å²) < 4.78 is 40.8. The molecule has 1 saturated heterocycles. The molecule has 30 heavy (non-hydrogen) atoms. The Morgan fingerprint density at radius 2 is 1.80 bits per heavy atom. The van der Waals surface area contributed by atoms with Gasteiger partial charge in [0.2, 0.25) is 5.91 Å². The van der Waals surface area contributed by atoms with E-state index in [0.717, 1.165) is 8.25 Å². The lowest BCUT2D eigenvalue weighted by Gasteiger charge is -2.39. The summed E-state index contributed by atoms with van der Waals surface area (Å²) in [6, 6.07) is 7.23. The van der Waals surface area contributed by atoms with Gasteiger partial charge in [0.25, 0.3) is 0 Å². The summed E-state index contributed by atoms with van der Waals surface area (Å²) in [6.45, 7) is 1.32. The van der Waals surface area contributed by atoms with Gasteiger partial charge in [0.05, 0.1) is 16.1 Å². The third kappa shape index (κ3) is 4.29. The normalized spacial score (nSPS) is 16.5. The first kappa shape index (κ1) is 22.9. The molecule has 1 N–H and O–H groups in total. The zero-order chi connectivity index (χ0) is 22.3. The van der Waals surface area contributed by atoms with Crippen LogP contribution in [0, 0.1) is 10.5 Å². The Labute approximate surface area is 189 Å². The van der Waals surface area contributed by atoms with Crippen molar-refractivity contribution in [2.24, 2.45) is 0 Å². The molecule has 162 valence electrons. The van der Waals surface area contributed by atoms with Crippen molar-refractivity contribution in [3.8, 4) is 0 Å². The van der Waals surface area contributed by atoms with Gasteiger partial charge < -0.3 is 10.0 Å². The highest BCUT2D eigenvalue weighted by Gasteiger charge is 2.44. The van der Waals surface area contributed by atoms with Crippen molar-refractivity contribution in [1.29, 1.82) is 0 Å². The molecule has 0 aliphatic carbocycles. The van der Waals surface area contributed by atoms with Crippen molar-refractivity contribution < 1.29 is 27.9 Å². The van der Waals surface area contributed by atoms with Gasteiger partial charge in [0, 0.05) is 16.7 Å². The van der Waals surface area contributed by atoms with E-state index < -0.39 is 40.7 Å². The SMILES string of the molecule is Cc1c(Cl)c(C(F)(F)F)nn1CC(=O)N1CCC(C(=O)O)(c2ccc(I)cc2)CC1. The van der Waals surface area contributed by atoms with Gasteiger partial charge in [-0.3, -0.25) is 14.3 Å². The van der Waals surface area contributed by atoms with Crippen LogP contribution >= 0.6 is 34.2 Å². The van der Waals surface area contributed by atoms with Crippen molar-refractivity contribution in [2.75, 3.05) is 13.1 Å². The second kappa shape index (κ2) is 8.37. The smallest absolute Gasteiger partial charge is 0.436 e. The summed E-state index contributed by atoms with van der Waals surface area (Å²) in [7, 11) is 0. The minimum absolute atomic E-state index is 0.0492. The second-order valence-electron chi connectivity index (χ2n) is 7.18. The Kier molecular flexibility index (Phi) is 6.38. The fourth-order valence-electron chi connectivity index (χ4n) is 3.62. The summed E-state index contributed by atoms with van der Waals surface area (Å²) in [5.74, 6) is -1.40. The maximum atomic E-state index is 13.0. The first-order valence-corrected chi connectivity index (χ1v) is 10.5. The highest BCUT2D eigenvalue weighted by Crippen LogP contribution is 2.37. The van der Waals surface area contributed by atoms with Gasteiger partial charge in [0.1, 0.15) is 6.54 Å². The molecule has 1 aliphatic heterocycles. The van der Waals surface area contributed by atoms with E-state index in [-0.39, 0.29) is 31.6 Å². The number of benzene rings is 1. The third-order valence-electron chi connectivity index (χ3n) is 5.46. The predicted molar refractivity (Wildman–Crippen MR) is 111 cm³/mol. The van der Waals surface area contributed by atoms with E-state index in [2.05, 4.69) is 27.7 Å². The van der Waals surface area contributed by atoms with Crippen LogP contribution < -0.4 is 0 Å². The minimum Gasteiger partial charge on any atom is -0.481 e. The summed E-state index contributed by atoms with van der Waals surface area (Å²) >= 11 is 7.86. The van der Waals surface area contributed by atoms with Gasteiger partial charge in [-0.15, -0.1) is 0 Å². The number of carboxylic acid groups (broad SMARTS) is 1. The zero-order valence-electron chi connectivity index (χ0n) is 15.8. The predicted octanol–water partition coefficient (Wildman–Crippen LogP) is 4.11. The van der Waals surface area contributed by atoms with E-state index in [1.54, 1.807) is 12.1 Å². The average molecular weight is 556 g/mol. The number of carboxylic acids is 1. The number of aromatic nitrogens is 2. The van der Waals surface area contributed by atoms with E-state index in [9.17, 15) is 27.9 Å². The second-order valence-corrected chi connectivity index (χ2v) is 8.80. The van der Waals surface area contributed by atoms with Crippen LogP contribution in [-0.4, -0.2) is 44.8 Å². The molecule has 0 saturated carbocycles. The molecule has 1 aliphatic rings. The molecule has 1 amide bonds. The molecule has 1 aromatic heterocycles. The average Bonchev–Trinajstić information content (AvgIpc) is 2.97. The molecule has 0 bridgehead atoms. The number of rotatable bonds is 4. The fourth-order valence-corrected chi connectivity index (χ4v) is 4.22. The molecule has 6 nitrogen and oxygen atoms in total. The van der Waals surface area contributed by atoms with Crippen LogP contribution in [0.4, 0.5) is 13.2 Å². The topological polar surface area (TPSA) is 75.4 Å². The van der Waals surface area contributed by atoms with Gasteiger partial charge >= 0.3 is 12.1 Å². The van der Waals surface area contributed by atoms with E-state index >= 15 is 0 Å². The molecule has 0 atom stereocenters. The van der Waals surface area contributed by atoms with Gasteiger partial charge in [0.15, 0.2) is 5.69 Å².